The van der Waals surface area contributed by atoms with E-state index >= 15 is 0 Å². The Kier molecular flexibility index (Phi) is 4.98. The number of likely N-dealkylation sites (N-methyl/N-ethyl adjacent to an activating group) is 1. The number of carboxylic acids is 1. The molecule has 0 aliphatic carbocycles. The number of carbonyl (C=O) groups is 1. The van der Waals surface area contributed by atoms with Crippen LogP contribution in [-0.4, -0.2) is 36.9 Å². The van der Waals surface area contributed by atoms with Crippen molar-refractivity contribution < 1.29 is 18.3 Å². The Hall–Kier alpha value is -0.820. The van der Waals surface area contributed by atoms with Crippen LogP contribution in [0.2, 0.25) is 10.0 Å². The number of sulfonamides is 1. The Morgan fingerprint density at radius 1 is 1.39 bits per heavy atom. The second kappa shape index (κ2) is 5.88. The van der Waals surface area contributed by atoms with Crippen LogP contribution >= 0.6 is 23.2 Å². The van der Waals surface area contributed by atoms with Crippen molar-refractivity contribution in [3.8, 4) is 0 Å². The molecule has 0 saturated heterocycles. The standard InChI is InChI=1S/C10H11Cl2NO4S/c1-2-13(6-9(14)15)18(16,17)8-5-3-4-7(11)10(8)12/h3-5H,2,6H2,1H3,(H,14,15). The van der Waals surface area contributed by atoms with E-state index < -0.39 is 22.5 Å². The first-order valence-electron chi connectivity index (χ1n) is 4.96. The molecular formula is C10H11Cl2NO4S. The van der Waals surface area contributed by atoms with E-state index in [-0.39, 0.29) is 21.5 Å². The van der Waals surface area contributed by atoms with Crippen molar-refractivity contribution in [1.82, 2.24) is 4.31 Å². The van der Waals surface area contributed by atoms with Crippen molar-refractivity contribution in [2.45, 2.75) is 11.8 Å². The predicted octanol–water partition coefficient (Wildman–Crippen LogP) is 2.09. The minimum absolute atomic E-state index is 0.0253. The number of aliphatic carboxylic acids is 1. The van der Waals surface area contributed by atoms with Crippen molar-refractivity contribution >= 4 is 39.2 Å². The topological polar surface area (TPSA) is 74.7 Å². The molecular weight excluding hydrogens is 301 g/mol. The minimum Gasteiger partial charge on any atom is -0.480 e. The molecule has 0 fully saturated rings. The Morgan fingerprint density at radius 3 is 2.50 bits per heavy atom. The molecule has 0 aliphatic heterocycles. The molecule has 0 saturated carbocycles. The molecule has 1 N–H and O–H groups in total. The van der Waals surface area contributed by atoms with E-state index in [1.165, 1.54) is 18.2 Å². The highest BCUT2D eigenvalue weighted by Gasteiger charge is 2.27. The molecule has 0 unspecified atom stereocenters. The Bertz CT molecular complexity index is 559. The fourth-order valence-corrected chi connectivity index (χ4v) is 3.47. The first-order chi connectivity index (χ1) is 8.30. The lowest BCUT2D eigenvalue weighted by molar-refractivity contribution is -0.137. The van der Waals surface area contributed by atoms with Crippen molar-refractivity contribution in [2.24, 2.45) is 0 Å². The summed E-state index contributed by atoms with van der Waals surface area (Å²) in [4.78, 5) is 10.4. The molecule has 0 spiro atoms. The lowest BCUT2D eigenvalue weighted by atomic mass is 10.4. The quantitative estimate of drug-likeness (QED) is 0.903. The van der Waals surface area contributed by atoms with E-state index in [1.807, 2.05) is 0 Å². The highest BCUT2D eigenvalue weighted by Crippen LogP contribution is 2.30. The van der Waals surface area contributed by atoms with Gasteiger partial charge in [-0.15, -0.1) is 0 Å². The van der Waals surface area contributed by atoms with Crippen molar-refractivity contribution in [1.29, 1.82) is 0 Å². The van der Waals surface area contributed by atoms with Crippen LogP contribution in [0.25, 0.3) is 0 Å². The van der Waals surface area contributed by atoms with E-state index in [2.05, 4.69) is 0 Å². The lowest BCUT2D eigenvalue weighted by Crippen LogP contribution is -2.35. The zero-order chi connectivity index (χ0) is 13.9. The fraction of sp³-hybridized carbons (Fsp3) is 0.300. The number of hydrogen-bond donors (Lipinski definition) is 1. The predicted molar refractivity (Wildman–Crippen MR) is 68.5 cm³/mol. The highest BCUT2D eigenvalue weighted by molar-refractivity contribution is 7.89. The van der Waals surface area contributed by atoms with Gasteiger partial charge in [0.25, 0.3) is 0 Å². The van der Waals surface area contributed by atoms with Gasteiger partial charge in [0, 0.05) is 6.54 Å². The van der Waals surface area contributed by atoms with E-state index in [1.54, 1.807) is 6.92 Å². The Balaban J connectivity index is 3.27. The Morgan fingerprint density at radius 2 is 2.00 bits per heavy atom. The number of benzene rings is 1. The first-order valence-corrected chi connectivity index (χ1v) is 7.16. The molecule has 5 nitrogen and oxygen atoms in total. The van der Waals surface area contributed by atoms with Crippen LogP contribution in [0.4, 0.5) is 0 Å². The molecule has 1 rings (SSSR count). The van der Waals surface area contributed by atoms with E-state index in [4.69, 9.17) is 28.3 Å². The van der Waals surface area contributed by atoms with Gasteiger partial charge in [0.2, 0.25) is 10.0 Å². The van der Waals surface area contributed by atoms with Gasteiger partial charge in [-0.1, -0.05) is 36.2 Å². The van der Waals surface area contributed by atoms with Gasteiger partial charge in [0.05, 0.1) is 10.0 Å². The molecule has 8 heteroatoms. The van der Waals surface area contributed by atoms with Gasteiger partial charge in [0.15, 0.2) is 0 Å². The lowest BCUT2D eigenvalue weighted by Gasteiger charge is -2.19. The number of halogens is 2. The maximum atomic E-state index is 12.2. The van der Waals surface area contributed by atoms with Crippen molar-refractivity contribution in [2.75, 3.05) is 13.1 Å². The number of rotatable bonds is 5. The average molecular weight is 312 g/mol. The van der Waals surface area contributed by atoms with E-state index in [0.717, 1.165) is 4.31 Å². The summed E-state index contributed by atoms with van der Waals surface area (Å²) in [5, 5.41) is 8.68. The molecule has 100 valence electrons. The number of carboxylic acid groups (broad SMARTS) is 1. The molecule has 0 heterocycles. The third kappa shape index (κ3) is 3.14. The van der Waals surface area contributed by atoms with Crippen molar-refractivity contribution in [3.63, 3.8) is 0 Å². The Labute approximate surface area is 115 Å². The largest absolute Gasteiger partial charge is 0.480 e. The average Bonchev–Trinajstić information content (AvgIpc) is 2.28. The maximum absolute atomic E-state index is 12.2. The molecule has 18 heavy (non-hydrogen) atoms. The summed E-state index contributed by atoms with van der Waals surface area (Å²) < 4.78 is 25.2. The molecule has 0 radical (unpaired) electrons. The summed E-state index contributed by atoms with van der Waals surface area (Å²) in [6.07, 6.45) is 0. The highest BCUT2D eigenvalue weighted by atomic mass is 35.5. The summed E-state index contributed by atoms with van der Waals surface area (Å²) in [5.41, 5.74) is 0. The van der Waals surface area contributed by atoms with Gasteiger partial charge in [0.1, 0.15) is 11.4 Å². The van der Waals surface area contributed by atoms with E-state index in [0.29, 0.717) is 0 Å². The molecule has 0 bridgehead atoms. The van der Waals surface area contributed by atoms with E-state index in [9.17, 15) is 13.2 Å². The summed E-state index contributed by atoms with van der Waals surface area (Å²) >= 11 is 11.6. The zero-order valence-corrected chi connectivity index (χ0v) is 11.8. The van der Waals surface area contributed by atoms with Crippen LogP contribution in [0.3, 0.4) is 0 Å². The smallest absolute Gasteiger partial charge is 0.318 e. The van der Waals surface area contributed by atoms with Crippen LogP contribution < -0.4 is 0 Å². The molecule has 1 aromatic rings. The van der Waals surface area contributed by atoms with Crippen LogP contribution in [0, 0.1) is 0 Å². The summed E-state index contributed by atoms with van der Waals surface area (Å²) in [6.45, 7) is 0.943. The van der Waals surface area contributed by atoms with Crippen LogP contribution in [0.1, 0.15) is 6.92 Å². The van der Waals surface area contributed by atoms with Gasteiger partial charge in [-0.2, -0.15) is 4.31 Å². The third-order valence-electron chi connectivity index (χ3n) is 2.20. The molecule has 0 atom stereocenters. The van der Waals surface area contributed by atoms with Gasteiger partial charge in [-0.05, 0) is 12.1 Å². The molecule has 0 aromatic heterocycles. The van der Waals surface area contributed by atoms with Crippen LogP contribution in [-0.2, 0) is 14.8 Å². The second-order valence-electron chi connectivity index (χ2n) is 3.38. The summed E-state index contributed by atoms with van der Waals surface area (Å²) in [5.74, 6) is -1.24. The normalized spacial score (nSPS) is 11.8. The monoisotopic (exact) mass is 311 g/mol. The van der Waals surface area contributed by atoms with Gasteiger partial charge in [-0.3, -0.25) is 4.79 Å². The van der Waals surface area contributed by atoms with Crippen LogP contribution in [0.5, 0.6) is 0 Å². The third-order valence-corrected chi connectivity index (χ3v) is 5.09. The number of nitrogens with zero attached hydrogens (tertiary/aromatic N) is 1. The molecule has 0 aliphatic rings. The fourth-order valence-electron chi connectivity index (χ4n) is 1.34. The van der Waals surface area contributed by atoms with Crippen LogP contribution in [0.15, 0.2) is 23.1 Å². The second-order valence-corrected chi connectivity index (χ2v) is 6.07. The SMILES string of the molecule is CCN(CC(=O)O)S(=O)(=O)c1cccc(Cl)c1Cl. The summed E-state index contributed by atoms with van der Waals surface area (Å²) in [6, 6.07) is 4.18. The minimum atomic E-state index is -3.96. The van der Waals surface area contributed by atoms with Gasteiger partial charge < -0.3 is 5.11 Å². The van der Waals surface area contributed by atoms with Gasteiger partial charge >= 0.3 is 5.97 Å². The number of hydrogen-bond acceptors (Lipinski definition) is 3. The molecule has 0 amide bonds. The molecule has 1 aromatic carbocycles. The zero-order valence-electron chi connectivity index (χ0n) is 9.43. The summed E-state index contributed by atoms with van der Waals surface area (Å²) in [7, 11) is -3.96. The maximum Gasteiger partial charge on any atom is 0.318 e. The first kappa shape index (κ1) is 15.2. The van der Waals surface area contributed by atoms with Crippen molar-refractivity contribution in [3.05, 3.63) is 28.2 Å². The van der Waals surface area contributed by atoms with Gasteiger partial charge in [-0.25, -0.2) is 8.42 Å².